The van der Waals surface area contributed by atoms with Crippen molar-refractivity contribution < 1.29 is 14.3 Å². The quantitative estimate of drug-likeness (QED) is 0.849. The molecule has 2 rings (SSSR count). The fraction of sp³-hybridized carbons (Fsp3) is 0.273. The molecule has 2 aromatic rings. The van der Waals surface area contributed by atoms with Crippen molar-refractivity contribution in [2.24, 2.45) is 0 Å². The molecule has 0 saturated carbocycles. The molecule has 1 N–H and O–H groups in total. The van der Waals surface area contributed by atoms with E-state index in [2.05, 4.69) is 10.2 Å². The average Bonchev–Trinajstić information content (AvgIpc) is 2.77. The van der Waals surface area contributed by atoms with Crippen LogP contribution in [0.15, 0.2) is 22.6 Å². The van der Waals surface area contributed by atoms with Gasteiger partial charge < -0.3 is 14.3 Å². The van der Waals surface area contributed by atoms with Gasteiger partial charge in [0.25, 0.3) is 0 Å². The largest absolute Gasteiger partial charge is 0.496 e. The summed E-state index contributed by atoms with van der Waals surface area (Å²) in [5, 5.41) is 16.3. The zero-order valence-electron chi connectivity index (χ0n) is 9.10. The van der Waals surface area contributed by atoms with Crippen molar-refractivity contribution in [3.63, 3.8) is 0 Å². The Balaban J connectivity index is 2.37. The van der Waals surface area contributed by atoms with E-state index in [4.69, 9.17) is 14.3 Å². The standard InChI is InChI=1S/C11H12N2O3/c1-7-5-8(3-4-9(7)15-2)11-13-12-10(6-14)16-11/h3-5,14H,6H2,1-2H3. The highest BCUT2D eigenvalue weighted by molar-refractivity contribution is 5.56. The van der Waals surface area contributed by atoms with Crippen LogP contribution in [-0.4, -0.2) is 22.4 Å². The second-order valence-electron chi connectivity index (χ2n) is 3.34. The van der Waals surface area contributed by atoms with Crippen LogP contribution in [0.5, 0.6) is 5.75 Å². The van der Waals surface area contributed by atoms with Gasteiger partial charge in [-0.25, -0.2) is 0 Å². The predicted molar refractivity (Wildman–Crippen MR) is 56.9 cm³/mol. The maximum atomic E-state index is 8.82. The number of aromatic nitrogens is 2. The lowest BCUT2D eigenvalue weighted by molar-refractivity contribution is 0.241. The Bertz CT molecular complexity index is 494. The lowest BCUT2D eigenvalue weighted by Gasteiger charge is -2.04. The summed E-state index contributed by atoms with van der Waals surface area (Å²) in [7, 11) is 1.62. The van der Waals surface area contributed by atoms with Crippen LogP contribution in [-0.2, 0) is 6.61 Å². The van der Waals surface area contributed by atoms with Gasteiger partial charge in [0, 0.05) is 5.56 Å². The molecule has 0 amide bonds. The van der Waals surface area contributed by atoms with Gasteiger partial charge in [0.2, 0.25) is 11.8 Å². The van der Waals surface area contributed by atoms with Gasteiger partial charge in [0.1, 0.15) is 12.4 Å². The Morgan fingerprint density at radius 3 is 2.75 bits per heavy atom. The highest BCUT2D eigenvalue weighted by Crippen LogP contribution is 2.25. The van der Waals surface area contributed by atoms with Gasteiger partial charge in [0.15, 0.2) is 0 Å². The van der Waals surface area contributed by atoms with E-state index in [0.29, 0.717) is 5.89 Å². The Morgan fingerprint density at radius 2 is 2.19 bits per heavy atom. The van der Waals surface area contributed by atoms with E-state index in [1.807, 2.05) is 25.1 Å². The number of hydrogen-bond acceptors (Lipinski definition) is 5. The number of rotatable bonds is 3. The van der Waals surface area contributed by atoms with E-state index in [1.54, 1.807) is 7.11 Å². The predicted octanol–water partition coefficient (Wildman–Crippen LogP) is 1.55. The molecular formula is C11H12N2O3. The number of aliphatic hydroxyl groups excluding tert-OH is 1. The maximum Gasteiger partial charge on any atom is 0.247 e. The first-order chi connectivity index (χ1) is 7.74. The van der Waals surface area contributed by atoms with E-state index in [0.717, 1.165) is 16.9 Å². The van der Waals surface area contributed by atoms with Crippen molar-refractivity contribution in [2.75, 3.05) is 7.11 Å². The van der Waals surface area contributed by atoms with Crippen LogP contribution in [0.25, 0.3) is 11.5 Å². The zero-order chi connectivity index (χ0) is 11.5. The third-order valence-electron chi connectivity index (χ3n) is 2.24. The van der Waals surface area contributed by atoms with Gasteiger partial charge in [-0.2, -0.15) is 0 Å². The van der Waals surface area contributed by atoms with Crippen LogP contribution in [0.1, 0.15) is 11.5 Å². The first kappa shape index (κ1) is 10.6. The molecule has 16 heavy (non-hydrogen) atoms. The molecule has 0 saturated heterocycles. The Morgan fingerprint density at radius 1 is 1.38 bits per heavy atom. The van der Waals surface area contributed by atoms with E-state index in [9.17, 15) is 0 Å². The number of aliphatic hydroxyl groups is 1. The lowest BCUT2D eigenvalue weighted by atomic mass is 10.1. The molecule has 0 radical (unpaired) electrons. The fourth-order valence-electron chi connectivity index (χ4n) is 1.45. The molecule has 0 aliphatic rings. The SMILES string of the molecule is COc1ccc(-c2nnc(CO)o2)cc1C. The number of methoxy groups -OCH3 is 1. The normalized spacial score (nSPS) is 10.4. The molecule has 1 heterocycles. The maximum absolute atomic E-state index is 8.82. The molecular weight excluding hydrogens is 208 g/mol. The summed E-state index contributed by atoms with van der Waals surface area (Å²) in [6, 6.07) is 5.57. The summed E-state index contributed by atoms with van der Waals surface area (Å²) in [5.74, 6) is 1.42. The van der Waals surface area contributed by atoms with Crippen LogP contribution < -0.4 is 4.74 Å². The number of hydrogen-bond donors (Lipinski definition) is 1. The van der Waals surface area contributed by atoms with Crippen LogP contribution in [0, 0.1) is 6.92 Å². The van der Waals surface area contributed by atoms with Crippen molar-refractivity contribution >= 4 is 0 Å². The monoisotopic (exact) mass is 220 g/mol. The summed E-state index contributed by atoms with van der Waals surface area (Å²) in [4.78, 5) is 0. The molecule has 0 unspecified atom stereocenters. The highest BCUT2D eigenvalue weighted by atomic mass is 16.5. The molecule has 1 aromatic carbocycles. The van der Waals surface area contributed by atoms with Crippen molar-refractivity contribution in [1.29, 1.82) is 0 Å². The van der Waals surface area contributed by atoms with Gasteiger partial charge >= 0.3 is 0 Å². The van der Waals surface area contributed by atoms with Crippen molar-refractivity contribution in [3.05, 3.63) is 29.7 Å². The van der Waals surface area contributed by atoms with Gasteiger partial charge in [0.05, 0.1) is 7.11 Å². The van der Waals surface area contributed by atoms with Crippen molar-refractivity contribution in [2.45, 2.75) is 13.5 Å². The number of nitrogens with zero attached hydrogens (tertiary/aromatic N) is 2. The first-order valence-corrected chi connectivity index (χ1v) is 4.83. The molecule has 84 valence electrons. The second kappa shape index (κ2) is 4.32. The minimum Gasteiger partial charge on any atom is -0.496 e. The number of ether oxygens (including phenoxy) is 1. The minimum absolute atomic E-state index is 0.212. The average molecular weight is 220 g/mol. The van der Waals surface area contributed by atoms with Crippen LogP contribution >= 0.6 is 0 Å². The molecule has 0 aliphatic heterocycles. The summed E-state index contributed by atoms with van der Waals surface area (Å²) < 4.78 is 10.4. The Labute approximate surface area is 92.7 Å². The third kappa shape index (κ3) is 1.90. The van der Waals surface area contributed by atoms with E-state index in [1.165, 1.54) is 0 Å². The molecule has 5 heteroatoms. The molecule has 0 fully saturated rings. The van der Waals surface area contributed by atoms with E-state index < -0.39 is 0 Å². The molecule has 0 aliphatic carbocycles. The van der Waals surface area contributed by atoms with Crippen molar-refractivity contribution in [1.82, 2.24) is 10.2 Å². The fourth-order valence-corrected chi connectivity index (χ4v) is 1.45. The van der Waals surface area contributed by atoms with Crippen LogP contribution in [0.4, 0.5) is 0 Å². The Hall–Kier alpha value is -1.88. The summed E-state index contributed by atoms with van der Waals surface area (Å²) in [5.41, 5.74) is 1.80. The van der Waals surface area contributed by atoms with Crippen LogP contribution in [0.2, 0.25) is 0 Å². The van der Waals surface area contributed by atoms with Gasteiger partial charge in [-0.1, -0.05) is 0 Å². The van der Waals surface area contributed by atoms with Gasteiger partial charge in [-0.05, 0) is 30.7 Å². The first-order valence-electron chi connectivity index (χ1n) is 4.83. The van der Waals surface area contributed by atoms with Crippen LogP contribution in [0.3, 0.4) is 0 Å². The molecule has 1 aromatic heterocycles. The van der Waals surface area contributed by atoms with E-state index >= 15 is 0 Å². The second-order valence-corrected chi connectivity index (χ2v) is 3.34. The zero-order valence-corrected chi connectivity index (χ0v) is 9.10. The van der Waals surface area contributed by atoms with E-state index in [-0.39, 0.29) is 12.5 Å². The minimum atomic E-state index is -0.248. The molecule has 0 atom stereocenters. The Kier molecular flexibility index (Phi) is 2.87. The molecule has 0 bridgehead atoms. The number of benzene rings is 1. The van der Waals surface area contributed by atoms with Gasteiger partial charge in [-0.15, -0.1) is 10.2 Å². The summed E-state index contributed by atoms with van der Waals surface area (Å²) in [6.07, 6.45) is 0. The topological polar surface area (TPSA) is 68.4 Å². The smallest absolute Gasteiger partial charge is 0.247 e. The van der Waals surface area contributed by atoms with Gasteiger partial charge in [-0.3, -0.25) is 0 Å². The third-order valence-corrected chi connectivity index (χ3v) is 2.24. The summed E-state index contributed by atoms with van der Waals surface area (Å²) in [6.45, 7) is 1.69. The number of aryl methyl sites for hydroxylation is 1. The summed E-state index contributed by atoms with van der Waals surface area (Å²) >= 11 is 0. The highest BCUT2D eigenvalue weighted by Gasteiger charge is 2.09. The molecule has 5 nitrogen and oxygen atoms in total. The molecule has 0 spiro atoms. The lowest BCUT2D eigenvalue weighted by Crippen LogP contribution is -1.87. The van der Waals surface area contributed by atoms with Crippen molar-refractivity contribution in [3.8, 4) is 17.2 Å².